The molecule has 3 heterocycles. The number of hydrogen-bond acceptors (Lipinski definition) is 4. The Kier molecular flexibility index (Phi) is 3.22. The summed E-state index contributed by atoms with van der Waals surface area (Å²) in [4.78, 5) is 4.81. The van der Waals surface area contributed by atoms with Gasteiger partial charge in [-0.3, -0.25) is 0 Å². The van der Waals surface area contributed by atoms with E-state index in [2.05, 4.69) is 16.0 Å². The van der Waals surface area contributed by atoms with Gasteiger partial charge in [0.1, 0.15) is 5.01 Å². The summed E-state index contributed by atoms with van der Waals surface area (Å²) in [5.74, 6) is 0. The minimum Gasteiger partial charge on any atom is -0.309 e. The molecule has 0 aromatic carbocycles. The van der Waals surface area contributed by atoms with Crippen molar-refractivity contribution in [3.63, 3.8) is 0 Å². The fourth-order valence-electron chi connectivity index (χ4n) is 2.62. The van der Waals surface area contributed by atoms with E-state index in [1.807, 2.05) is 11.3 Å². The molecule has 16 heavy (non-hydrogen) atoms. The second-order valence-electron chi connectivity index (χ2n) is 4.76. The quantitative estimate of drug-likeness (QED) is 0.829. The molecule has 88 valence electrons. The first-order chi connectivity index (χ1) is 7.93. The predicted molar refractivity (Wildman–Crippen MR) is 66.7 cm³/mol. The maximum absolute atomic E-state index is 4.81. The van der Waals surface area contributed by atoms with Crippen molar-refractivity contribution in [1.29, 1.82) is 0 Å². The van der Waals surface area contributed by atoms with E-state index in [1.54, 1.807) is 0 Å². The first-order valence-electron chi connectivity index (χ1n) is 6.35. The van der Waals surface area contributed by atoms with Gasteiger partial charge in [0.2, 0.25) is 0 Å². The Bertz CT molecular complexity index is 338. The van der Waals surface area contributed by atoms with Gasteiger partial charge in [-0.2, -0.15) is 0 Å². The standard InChI is InChI=1S/C12H19N3S/c1-2-6-13-9(4-1)11-8-16-12(15-11)10-5-3-7-14-10/h8-10,13-14H,1-7H2. The summed E-state index contributed by atoms with van der Waals surface area (Å²) >= 11 is 1.83. The van der Waals surface area contributed by atoms with E-state index < -0.39 is 0 Å². The van der Waals surface area contributed by atoms with E-state index in [4.69, 9.17) is 4.98 Å². The summed E-state index contributed by atoms with van der Waals surface area (Å²) in [5, 5.41) is 10.6. The predicted octanol–water partition coefficient (Wildman–Crippen LogP) is 2.38. The van der Waals surface area contributed by atoms with Crippen LogP contribution >= 0.6 is 11.3 Å². The molecular weight excluding hydrogens is 218 g/mol. The fourth-order valence-corrected chi connectivity index (χ4v) is 3.60. The molecule has 1 aromatic heterocycles. The van der Waals surface area contributed by atoms with Gasteiger partial charge in [-0.25, -0.2) is 4.98 Å². The number of nitrogens with zero attached hydrogens (tertiary/aromatic N) is 1. The lowest BCUT2D eigenvalue weighted by Gasteiger charge is -2.21. The molecule has 3 nitrogen and oxygen atoms in total. The van der Waals surface area contributed by atoms with Crippen LogP contribution in [0.25, 0.3) is 0 Å². The zero-order valence-corrected chi connectivity index (χ0v) is 10.4. The van der Waals surface area contributed by atoms with Crippen LogP contribution in [0.5, 0.6) is 0 Å². The van der Waals surface area contributed by atoms with Gasteiger partial charge >= 0.3 is 0 Å². The molecule has 0 aliphatic carbocycles. The minimum absolute atomic E-state index is 0.514. The Hall–Kier alpha value is -0.450. The summed E-state index contributed by atoms with van der Waals surface area (Å²) in [6.07, 6.45) is 6.46. The summed E-state index contributed by atoms with van der Waals surface area (Å²) in [5.41, 5.74) is 1.27. The molecule has 0 amide bonds. The van der Waals surface area contributed by atoms with Crippen molar-refractivity contribution in [3.8, 4) is 0 Å². The average molecular weight is 237 g/mol. The molecular formula is C12H19N3S. The zero-order chi connectivity index (χ0) is 10.8. The number of piperidine rings is 1. The highest BCUT2D eigenvalue weighted by atomic mass is 32.1. The molecule has 2 fully saturated rings. The third-order valence-corrected chi connectivity index (χ3v) is 4.54. The molecule has 3 rings (SSSR count). The number of hydrogen-bond donors (Lipinski definition) is 2. The second kappa shape index (κ2) is 4.82. The monoisotopic (exact) mass is 237 g/mol. The SMILES string of the molecule is c1sc(C2CCCN2)nc1C1CCCCN1. The zero-order valence-electron chi connectivity index (χ0n) is 9.54. The Morgan fingerprint density at radius 2 is 1.88 bits per heavy atom. The Morgan fingerprint density at radius 3 is 2.62 bits per heavy atom. The molecule has 2 aliphatic rings. The molecule has 2 aliphatic heterocycles. The number of rotatable bonds is 2. The fraction of sp³-hybridized carbons (Fsp3) is 0.750. The van der Waals surface area contributed by atoms with E-state index >= 15 is 0 Å². The third kappa shape index (κ3) is 2.14. The smallest absolute Gasteiger partial charge is 0.110 e. The topological polar surface area (TPSA) is 37.0 Å². The van der Waals surface area contributed by atoms with Crippen molar-refractivity contribution < 1.29 is 0 Å². The van der Waals surface area contributed by atoms with Crippen LogP contribution in [0.4, 0.5) is 0 Å². The van der Waals surface area contributed by atoms with Gasteiger partial charge in [-0.15, -0.1) is 11.3 Å². The first-order valence-corrected chi connectivity index (χ1v) is 7.23. The van der Waals surface area contributed by atoms with Crippen LogP contribution in [0.2, 0.25) is 0 Å². The minimum atomic E-state index is 0.514. The Morgan fingerprint density at radius 1 is 1.06 bits per heavy atom. The van der Waals surface area contributed by atoms with Crippen molar-refractivity contribution >= 4 is 11.3 Å². The lowest BCUT2D eigenvalue weighted by atomic mass is 10.0. The van der Waals surface area contributed by atoms with Crippen molar-refractivity contribution in [2.75, 3.05) is 13.1 Å². The van der Waals surface area contributed by atoms with Gasteiger partial charge in [0.25, 0.3) is 0 Å². The van der Waals surface area contributed by atoms with Gasteiger partial charge in [0.15, 0.2) is 0 Å². The molecule has 2 atom stereocenters. The number of thiazole rings is 1. The van der Waals surface area contributed by atoms with Gasteiger partial charge in [-0.1, -0.05) is 6.42 Å². The molecule has 0 saturated carbocycles. The lowest BCUT2D eigenvalue weighted by molar-refractivity contribution is 0.405. The van der Waals surface area contributed by atoms with E-state index in [-0.39, 0.29) is 0 Å². The Labute approximate surface area is 101 Å². The van der Waals surface area contributed by atoms with Crippen molar-refractivity contribution in [2.24, 2.45) is 0 Å². The van der Waals surface area contributed by atoms with Crippen molar-refractivity contribution in [3.05, 3.63) is 16.1 Å². The summed E-state index contributed by atoms with van der Waals surface area (Å²) < 4.78 is 0. The maximum Gasteiger partial charge on any atom is 0.110 e. The largest absolute Gasteiger partial charge is 0.309 e. The summed E-state index contributed by atoms with van der Waals surface area (Å²) in [6, 6.07) is 1.04. The molecule has 2 N–H and O–H groups in total. The van der Waals surface area contributed by atoms with Gasteiger partial charge in [0.05, 0.1) is 17.8 Å². The van der Waals surface area contributed by atoms with Crippen LogP contribution in [-0.4, -0.2) is 18.1 Å². The maximum atomic E-state index is 4.81. The molecule has 4 heteroatoms. The van der Waals surface area contributed by atoms with Gasteiger partial charge < -0.3 is 10.6 Å². The van der Waals surface area contributed by atoms with E-state index in [0.29, 0.717) is 12.1 Å². The van der Waals surface area contributed by atoms with Gasteiger partial charge in [-0.05, 0) is 38.8 Å². The summed E-state index contributed by atoms with van der Waals surface area (Å²) in [7, 11) is 0. The number of nitrogens with one attached hydrogen (secondary N) is 2. The first kappa shape index (κ1) is 10.7. The van der Waals surface area contributed by atoms with Crippen LogP contribution in [0.1, 0.15) is 54.9 Å². The van der Waals surface area contributed by atoms with Gasteiger partial charge in [0, 0.05) is 5.38 Å². The molecule has 0 spiro atoms. The molecule has 0 radical (unpaired) electrons. The molecule has 1 aromatic rings. The lowest BCUT2D eigenvalue weighted by Crippen LogP contribution is -2.27. The Balaban J connectivity index is 1.71. The highest BCUT2D eigenvalue weighted by Gasteiger charge is 2.22. The molecule has 2 saturated heterocycles. The summed E-state index contributed by atoms with van der Waals surface area (Å²) in [6.45, 7) is 2.31. The average Bonchev–Trinajstić information content (AvgIpc) is 3.01. The third-order valence-electron chi connectivity index (χ3n) is 3.57. The van der Waals surface area contributed by atoms with Crippen molar-refractivity contribution in [2.45, 2.75) is 44.2 Å². The van der Waals surface area contributed by atoms with Crippen LogP contribution in [-0.2, 0) is 0 Å². The highest BCUT2D eigenvalue weighted by molar-refractivity contribution is 7.09. The van der Waals surface area contributed by atoms with Crippen molar-refractivity contribution in [1.82, 2.24) is 15.6 Å². The normalized spacial score (nSPS) is 30.8. The molecule has 0 bridgehead atoms. The van der Waals surface area contributed by atoms with E-state index in [9.17, 15) is 0 Å². The molecule has 2 unspecified atom stereocenters. The van der Waals surface area contributed by atoms with Crippen LogP contribution < -0.4 is 10.6 Å². The van der Waals surface area contributed by atoms with E-state index in [1.165, 1.54) is 42.8 Å². The van der Waals surface area contributed by atoms with Crippen LogP contribution in [0, 0.1) is 0 Å². The van der Waals surface area contributed by atoms with Crippen LogP contribution in [0.15, 0.2) is 5.38 Å². The second-order valence-corrected chi connectivity index (χ2v) is 5.65. The highest BCUT2D eigenvalue weighted by Crippen LogP contribution is 2.29. The number of aromatic nitrogens is 1. The van der Waals surface area contributed by atoms with Crippen LogP contribution in [0.3, 0.4) is 0 Å². The van der Waals surface area contributed by atoms with E-state index in [0.717, 1.165) is 13.1 Å².